The molecule has 0 radical (unpaired) electrons. The zero-order valence-corrected chi connectivity index (χ0v) is 92.4. The number of nitrogens with zero attached hydrogens (tertiary/aromatic N) is 26. The fourth-order valence-electron chi connectivity index (χ4n) is 22.3. The van der Waals surface area contributed by atoms with E-state index in [1.54, 1.807) is 72.3 Å². The van der Waals surface area contributed by atoms with Crippen LogP contribution in [0.5, 0.6) is 0 Å². The highest BCUT2D eigenvalue weighted by Gasteiger charge is 2.43. The van der Waals surface area contributed by atoms with Gasteiger partial charge in [0.15, 0.2) is 34.0 Å². The molecule has 796 valence electrons. The fraction of sp³-hybridized carbons (Fsp3) is 0.528. The number of nitrogens with one attached hydrogen (secondary N) is 4. The number of halogens is 8. The van der Waals surface area contributed by atoms with E-state index in [1.165, 1.54) is 65.6 Å². The summed E-state index contributed by atoms with van der Waals surface area (Å²) in [7, 11) is 6.16. The number of aryl methyl sites for hydroxylation is 2. The summed E-state index contributed by atoms with van der Waals surface area (Å²) in [5.41, 5.74) is 11.0. The first-order chi connectivity index (χ1) is 72.4. The van der Waals surface area contributed by atoms with Crippen molar-refractivity contribution >= 4 is 185 Å². The highest BCUT2D eigenvalue weighted by molar-refractivity contribution is 6.37. The minimum atomic E-state index is -0.372. The molecular formula is C106H130Cl8N30O6. The van der Waals surface area contributed by atoms with Crippen LogP contribution < -0.4 is 40.9 Å². The predicted molar refractivity (Wildman–Crippen MR) is 588 cm³/mol. The van der Waals surface area contributed by atoms with E-state index < -0.39 is 0 Å². The number of alkyl carbamates (subject to hydrolysis) is 2. The van der Waals surface area contributed by atoms with Gasteiger partial charge in [-0.25, -0.2) is 68.2 Å². The second-order valence-corrected chi connectivity index (χ2v) is 44.1. The van der Waals surface area contributed by atoms with Gasteiger partial charge in [0, 0.05) is 172 Å². The van der Waals surface area contributed by atoms with Crippen LogP contribution >= 0.6 is 92.8 Å². The SMILES string of the molecule is CNC(=O)CCCN1CCC[C@@H](C2CN(c3cnc4c(C#N)nn([C@H](C)c5ccc(Cl)cc5Cl)c4n3)C2)C1.CNC(=O)CCCN1CCC[C@H](C2CN(c3cnc4c(C#N)nn([C@H](C)c5ccc(Cl)cc5Cl)c4n3)C2)C1.COC(=O)NCCN1CCC[C@@H](C2CN(c3cnc4c(C)nn([C@H](C)c5ccc(Cl)cc5Cl)c4n3)C2)C1.COC(=O)NCCN1CCC[C@@H](C2CN(c3cnc4c(C)nn([C@H](C)c5ccc(Cl)cc5Cl)c4n3)C2)C1. The van der Waals surface area contributed by atoms with Gasteiger partial charge in [-0.3, -0.25) is 9.59 Å². The second kappa shape index (κ2) is 50.2. The van der Waals surface area contributed by atoms with Crippen LogP contribution in [0.4, 0.5) is 32.9 Å². The number of ether oxygens (including phenoxy) is 2. The van der Waals surface area contributed by atoms with Crippen LogP contribution in [0.2, 0.25) is 40.2 Å². The summed E-state index contributed by atoms with van der Waals surface area (Å²) in [6.07, 6.45) is 19.2. The maximum absolute atomic E-state index is 11.5. The average Bonchev–Trinajstić information content (AvgIpc) is 1.60. The number of carbonyl (C=O) groups is 4. The Morgan fingerprint density at radius 2 is 0.633 bits per heavy atom. The lowest BCUT2D eigenvalue weighted by atomic mass is 9.80. The van der Waals surface area contributed by atoms with Crippen LogP contribution in [0.15, 0.2) is 97.6 Å². The lowest BCUT2D eigenvalue weighted by molar-refractivity contribution is -0.121. The van der Waals surface area contributed by atoms with Gasteiger partial charge in [-0.2, -0.15) is 30.9 Å². The molecule has 20 rings (SSSR count). The Labute approximate surface area is 914 Å². The van der Waals surface area contributed by atoms with Gasteiger partial charge in [0.05, 0.1) is 74.6 Å². The molecule has 0 spiro atoms. The number of piperidine rings is 4. The van der Waals surface area contributed by atoms with Crippen molar-refractivity contribution < 1.29 is 28.7 Å². The number of benzene rings is 4. The Bertz CT molecular complexity index is 6490. The first kappa shape index (κ1) is 110. The van der Waals surface area contributed by atoms with E-state index >= 15 is 0 Å². The van der Waals surface area contributed by atoms with E-state index in [4.69, 9.17) is 133 Å². The first-order valence-electron chi connectivity index (χ1n) is 51.9. The molecule has 0 saturated carbocycles. The van der Waals surface area contributed by atoms with Crippen LogP contribution in [0.25, 0.3) is 44.7 Å². The molecule has 8 atom stereocenters. The van der Waals surface area contributed by atoms with Gasteiger partial charge in [0.25, 0.3) is 0 Å². The van der Waals surface area contributed by atoms with Crippen LogP contribution in [-0.2, 0) is 19.1 Å². The number of nitriles is 2. The number of methoxy groups -OCH3 is 2. The zero-order valence-electron chi connectivity index (χ0n) is 86.3. The van der Waals surface area contributed by atoms with E-state index in [0.717, 1.165) is 223 Å². The summed E-state index contributed by atoms with van der Waals surface area (Å²) in [4.78, 5) is 103. The number of anilines is 4. The molecule has 4 N–H and O–H groups in total. The monoisotopic (exact) mass is 2200 g/mol. The molecule has 12 aromatic rings. The zero-order chi connectivity index (χ0) is 106. The van der Waals surface area contributed by atoms with Gasteiger partial charge < -0.3 is 69.9 Å². The van der Waals surface area contributed by atoms with Crippen molar-refractivity contribution in [3.05, 3.63) is 183 Å². The Morgan fingerprint density at radius 1 is 0.373 bits per heavy atom. The molecule has 8 aliphatic heterocycles. The lowest BCUT2D eigenvalue weighted by Crippen LogP contribution is -2.54. The molecule has 0 unspecified atom stereocenters. The van der Waals surface area contributed by atoms with Gasteiger partial charge in [-0.05, 0) is 263 Å². The molecule has 0 bridgehead atoms. The number of hydrogen-bond acceptors (Lipinski definition) is 28. The Kier molecular flexibility index (Phi) is 36.8. The molecule has 8 aromatic heterocycles. The molecule has 0 aliphatic carbocycles. The van der Waals surface area contributed by atoms with Crippen LogP contribution in [-0.4, -0.2) is 295 Å². The summed E-state index contributed by atoms with van der Waals surface area (Å²) in [6, 6.07) is 25.4. The van der Waals surface area contributed by atoms with Gasteiger partial charge >= 0.3 is 12.2 Å². The molecule has 8 fully saturated rings. The van der Waals surface area contributed by atoms with Crippen LogP contribution in [0.1, 0.15) is 174 Å². The molecule has 8 aliphatic rings. The number of carbonyl (C=O) groups excluding carboxylic acids is 4. The smallest absolute Gasteiger partial charge is 0.406 e. The first-order valence-corrected chi connectivity index (χ1v) is 54.9. The van der Waals surface area contributed by atoms with E-state index in [2.05, 4.69) is 116 Å². The predicted octanol–water partition coefficient (Wildman–Crippen LogP) is 17.7. The summed E-state index contributed by atoms with van der Waals surface area (Å²) in [6.45, 7) is 33.2. The van der Waals surface area contributed by atoms with E-state index in [0.29, 0.717) is 136 Å². The van der Waals surface area contributed by atoms with Crippen molar-refractivity contribution in [3.63, 3.8) is 0 Å². The largest absolute Gasteiger partial charge is 0.453 e. The lowest BCUT2D eigenvalue weighted by Gasteiger charge is -2.47. The molecule has 8 saturated heterocycles. The fourth-order valence-corrected chi connectivity index (χ4v) is 24.5. The molecule has 16 heterocycles. The standard InChI is InChI=1S/2C27H32Cl2N8O.2C26H33Cl2N7O2/c2*1-17(21-8-7-20(28)11-22(21)29)37-27-26(23(12-30)34-37)32-13-24(33-27)36-15-19(16-36)18-5-3-9-35(14-18)10-4-6-25(38)31-2;2*1-16-24-25(35(32-16)17(2)21-7-6-20(27)11-22(21)28)31-23(12-30-24)34-14-19(15-34)18-5-4-9-33(13-18)10-8-29-26(36)37-3/h2*7-8,11,13,17-19H,3-6,9-10,14-16H2,1-2H3,(H,31,38);2*6-7,11-12,17-19H,4-5,8-10,13-15H2,1-3H3,(H,29,36)/t17-,18+;3*17-,18-/m1111/s1. The van der Waals surface area contributed by atoms with Gasteiger partial charge in [-0.1, -0.05) is 117 Å². The van der Waals surface area contributed by atoms with Crippen molar-refractivity contribution in [1.29, 1.82) is 10.5 Å². The maximum atomic E-state index is 11.5. The topological polar surface area (TPSA) is 383 Å². The maximum Gasteiger partial charge on any atom is 0.406 e. The van der Waals surface area contributed by atoms with Gasteiger partial charge in [0.2, 0.25) is 11.8 Å². The van der Waals surface area contributed by atoms with Gasteiger partial charge in [0.1, 0.15) is 57.5 Å². The highest BCUT2D eigenvalue weighted by atomic mass is 35.5. The van der Waals surface area contributed by atoms with Crippen molar-refractivity contribution in [2.45, 2.75) is 143 Å². The summed E-state index contributed by atoms with van der Waals surface area (Å²) < 4.78 is 16.6. The van der Waals surface area contributed by atoms with E-state index in [1.807, 2.05) is 85.9 Å². The van der Waals surface area contributed by atoms with Crippen LogP contribution in [0, 0.1) is 83.9 Å². The molecular weight excluding hydrogens is 2070 g/mol. The minimum Gasteiger partial charge on any atom is -0.453 e. The third kappa shape index (κ3) is 25.8. The molecule has 150 heavy (non-hydrogen) atoms. The molecule has 44 heteroatoms. The normalized spacial score (nSPS) is 19.4. The summed E-state index contributed by atoms with van der Waals surface area (Å²) in [5, 5.41) is 53.4. The molecule has 36 nitrogen and oxygen atoms in total. The van der Waals surface area contributed by atoms with Crippen molar-refractivity contribution in [2.75, 3.05) is 192 Å². The summed E-state index contributed by atoms with van der Waals surface area (Å²) in [5.74, 6) is 8.68. The highest BCUT2D eigenvalue weighted by Crippen LogP contribution is 2.43. The van der Waals surface area contributed by atoms with Crippen LogP contribution in [0.3, 0.4) is 0 Å². The second-order valence-electron chi connectivity index (χ2n) is 40.7. The minimum absolute atomic E-state index is 0.111. The Morgan fingerprint density at radius 3 is 0.893 bits per heavy atom. The van der Waals surface area contributed by atoms with Crippen molar-refractivity contribution in [2.24, 2.45) is 47.3 Å². The number of amides is 4. The summed E-state index contributed by atoms with van der Waals surface area (Å²) >= 11 is 50.3. The van der Waals surface area contributed by atoms with Crippen molar-refractivity contribution in [1.82, 2.24) is 120 Å². The third-order valence-corrected chi connectivity index (χ3v) is 33.3. The van der Waals surface area contributed by atoms with E-state index in [9.17, 15) is 29.7 Å². The van der Waals surface area contributed by atoms with E-state index in [-0.39, 0.29) is 59.6 Å². The Balaban J connectivity index is 0.000000136. The Hall–Kier alpha value is -11.1. The van der Waals surface area contributed by atoms with Gasteiger partial charge in [-0.15, -0.1) is 0 Å². The molecule has 4 aromatic carbocycles. The quantitative estimate of drug-likeness (QED) is 0.0325. The molecule has 4 amide bonds. The number of fused-ring (bicyclic) bond motifs is 4. The third-order valence-electron chi connectivity index (χ3n) is 31.1. The number of rotatable bonds is 30. The number of aromatic nitrogens is 16. The number of likely N-dealkylation sites (tertiary alicyclic amines) is 4. The van der Waals surface area contributed by atoms with Crippen molar-refractivity contribution in [3.8, 4) is 12.1 Å². The average molecular weight is 2200 g/mol. The number of hydrogen-bond donors (Lipinski definition) is 4.